The standard InChI is InChI=1S/C15H25NO/c1-6-14(17-5)15(16-7-2)13-9-8-11(3)12(4)10-13/h8-10,14-16H,6-7H2,1-5H3. The van der Waals surface area contributed by atoms with Gasteiger partial charge in [-0.25, -0.2) is 0 Å². The van der Waals surface area contributed by atoms with E-state index in [1.165, 1.54) is 16.7 Å². The number of ether oxygens (including phenoxy) is 1. The summed E-state index contributed by atoms with van der Waals surface area (Å²) in [6.45, 7) is 9.57. The molecule has 0 aromatic heterocycles. The molecule has 96 valence electrons. The van der Waals surface area contributed by atoms with Crippen LogP contribution in [0.15, 0.2) is 18.2 Å². The van der Waals surface area contributed by atoms with E-state index < -0.39 is 0 Å². The van der Waals surface area contributed by atoms with E-state index in [1.807, 2.05) is 0 Å². The molecule has 0 aliphatic carbocycles. The predicted octanol–water partition coefficient (Wildman–Crippen LogP) is 3.38. The fourth-order valence-electron chi connectivity index (χ4n) is 2.18. The quantitative estimate of drug-likeness (QED) is 0.816. The number of aryl methyl sites for hydroxylation is 2. The molecule has 1 aromatic rings. The van der Waals surface area contributed by atoms with Crippen LogP contribution in [-0.2, 0) is 4.74 Å². The zero-order valence-corrected chi connectivity index (χ0v) is 11.7. The highest BCUT2D eigenvalue weighted by Gasteiger charge is 2.20. The number of nitrogens with one attached hydrogen (secondary N) is 1. The first-order valence-corrected chi connectivity index (χ1v) is 6.47. The van der Waals surface area contributed by atoms with Crippen molar-refractivity contribution in [2.45, 2.75) is 46.3 Å². The van der Waals surface area contributed by atoms with Crippen LogP contribution in [0.2, 0.25) is 0 Å². The van der Waals surface area contributed by atoms with Gasteiger partial charge < -0.3 is 10.1 Å². The molecular weight excluding hydrogens is 210 g/mol. The topological polar surface area (TPSA) is 21.3 Å². The van der Waals surface area contributed by atoms with Crippen molar-refractivity contribution in [1.82, 2.24) is 5.32 Å². The molecule has 2 unspecified atom stereocenters. The summed E-state index contributed by atoms with van der Waals surface area (Å²) in [4.78, 5) is 0. The molecule has 1 rings (SSSR count). The highest BCUT2D eigenvalue weighted by Crippen LogP contribution is 2.23. The Morgan fingerprint density at radius 1 is 1.18 bits per heavy atom. The van der Waals surface area contributed by atoms with Crippen molar-refractivity contribution in [3.05, 3.63) is 34.9 Å². The first kappa shape index (κ1) is 14.2. The summed E-state index contributed by atoms with van der Waals surface area (Å²) in [5.74, 6) is 0. The molecule has 0 fully saturated rings. The lowest BCUT2D eigenvalue weighted by Crippen LogP contribution is -2.32. The van der Waals surface area contributed by atoms with E-state index in [9.17, 15) is 0 Å². The average Bonchev–Trinajstić information content (AvgIpc) is 2.33. The lowest BCUT2D eigenvalue weighted by molar-refractivity contribution is 0.0656. The zero-order chi connectivity index (χ0) is 12.8. The van der Waals surface area contributed by atoms with Gasteiger partial charge in [0.05, 0.1) is 12.1 Å². The molecule has 1 N–H and O–H groups in total. The van der Waals surface area contributed by atoms with E-state index in [-0.39, 0.29) is 12.1 Å². The van der Waals surface area contributed by atoms with Crippen LogP contribution >= 0.6 is 0 Å². The minimum absolute atomic E-state index is 0.233. The minimum atomic E-state index is 0.233. The second-order valence-electron chi connectivity index (χ2n) is 4.56. The van der Waals surface area contributed by atoms with Gasteiger partial charge in [-0.3, -0.25) is 0 Å². The van der Waals surface area contributed by atoms with E-state index in [4.69, 9.17) is 4.74 Å². The summed E-state index contributed by atoms with van der Waals surface area (Å²) in [6.07, 6.45) is 1.25. The third-order valence-corrected chi connectivity index (χ3v) is 3.39. The Morgan fingerprint density at radius 2 is 1.88 bits per heavy atom. The van der Waals surface area contributed by atoms with Crippen molar-refractivity contribution in [3.63, 3.8) is 0 Å². The van der Waals surface area contributed by atoms with E-state index >= 15 is 0 Å². The molecule has 0 saturated heterocycles. The van der Waals surface area contributed by atoms with Crippen LogP contribution in [0.3, 0.4) is 0 Å². The molecule has 2 nitrogen and oxygen atoms in total. The molecule has 0 aliphatic rings. The lowest BCUT2D eigenvalue weighted by Gasteiger charge is -2.26. The van der Waals surface area contributed by atoms with Crippen LogP contribution in [0.4, 0.5) is 0 Å². The van der Waals surface area contributed by atoms with Gasteiger partial charge in [0, 0.05) is 7.11 Å². The maximum atomic E-state index is 5.58. The number of rotatable bonds is 6. The van der Waals surface area contributed by atoms with E-state index in [2.05, 4.69) is 51.2 Å². The average molecular weight is 235 g/mol. The Bertz CT molecular complexity index is 345. The molecule has 2 atom stereocenters. The van der Waals surface area contributed by atoms with Crippen LogP contribution in [0, 0.1) is 13.8 Å². The van der Waals surface area contributed by atoms with Gasteiger partial charge in [0.25, 0.3) is 0 Å². The molecule has 0 radical (unpaired) electrons. The van der Waals surface area contributed by atoms with Crippen molar-refractivity contribution in [1.29, 1.82) is 0 Å². The van der Waals surface area contributed by atoms with Gasteiger partial charge >= 0.3 is 0 Å². The fourth-order valence-corrected chi connectivity index (χ4v) is 2.18. The van der Waals surface area contributed by atoms with Crippen molar-refractivity contribution in [2.24, 2.45) is 0 Å². The Labute approximate surface area is 105 Å². The van der Waals surface area contributed by atoms with Gasteiger partial charge in [-0.15, -0.1) is 0 Å². The molecule has 17 heavy (non-hydrogen) atoms. The van der Waals surface area contributed by atoms with Crippen LogP contribution in [-0.4, -0.2) is 19.8 Å². The number of benzene rings is 1. The van der Waals surface area contributed by atoms with Gasteiger partial charge in [0.2, 0.25) is 0 Å². The minimum Gasteiger partial charge on any atom is -0.379 e. The summed E-state index contributed by atoms with van der Waals surface area (Å²) in [5, 5.41) is 3.52. The van der Waals surface area contributed by atoms with Crippen molar-refractivity contribution < 1.29 is 4.74 Å². The van der Waals surface area contributed by atoms with Crippen LogP contribution in [0.25, 0.3) is 0 Å². The molecule has 0 heterocycles. The SMILES string of the molecule is CCNC(c1ccc(C)c(C)c1)C(CC)OC. The van der Waals surface area contributed by atoms with Crippen molar-refractivity contribution in [3.8, 4) is 0 Å². The molecule has 0 spiro atoms. The summed E-state index contributed by atoms with van der Waals surface area (Å²) in [6, 6.07) is 6.95. The van der Waals surface area contributed by atoms with Crippen LogP contribution in [0.5, 0.6) is 0 Å². The fraction of sp³-hybridized carbons (Fsp3) is 0.600. The first-order valence-electron chi connectivity index (χ1n) is 6.47. The van der Waals surface area contributed by atoms with Crippen LogP contribution in [0.1, 0.15) is 43.0 Å². The predicted molar refractivity (Wildman–Crippen MR) is 73.4 cm³/mol. The second kappa shape index (κ2) is 6.77. The maximum absolute atomic E-state index is 5.58. The molecule has 1 aromatic carbocycles. The largest absolute Gasteiger partial charge is 0.379 e. The lowest BCUT2D eigenvalue weighted by atomic mass is 9.96. The second-order valence-corrected chi connectivity index (χ2v) is 4.56. The summed E-state index contributed by atoms with van der Waals surface area (Å²) in [7, 11) is 1.79. The molecule has 0 bridgehead atoms. The number of likely N-dealkylation sites (N-methyl/N-ethyl adjacent to an activating group) is 1. The van der Waals surface area contributed by atoms with Crippen LogP contribution < -0.4 is 5.32 Å². The Balaban J connectivity index is 2.99. The molecule has 0 saturated carbocycles. The van der Waals surface area contributed by atoms with E-state index in [0.717, 1.165) is 13.0 Å². The van der Waals surface area contributed by atoms with E-state index in [0.29, 0.717) is 0 Å². The van der Waals surface area contributed by atoms with Gasteiger partial charge in [0.1, 0.15) is 0 Å². The van der Waals surface area contributed by atoms with Crippen molar-refractivity contribution >= 4 is 0 Å². The highest BCUT2D eigenvalue weighted by molar-refractivity contribution is 5.32. The van der Waals surface area contributed by atoms with Crippen molar-refractivity contribution in [2.75, 3.05) is 13.7 Å². The van der Waals surface area contributed by atoms with Gasteiger partial charge in [0.15, 0.2) is 0 Å². The monoisotopic (exact) mass is 235 g/mol. The molecular formula is C15H25NO. The Kier molecular flexibility index (Phi) is 5.66. The highest BCUT2D eigenvalue weighted by atomic mass is 16.5. The first-order chi connectivity index (χ1) is 8.13. The molecule has 0 aliphatic heterocycles. The summed E-state index contributed by atoms with van der Waals surface area (Å²) in [5.41, 5.74) is 4.01. The van der Waals surface area contributed by atoms with Gasteiger partial charge in [-0.1, -0.05) is 32.0 Å². The normalized spacial score (nSPS) is 14.6. The zero-order valence-electron chi connectivity index (χ0n) is 11.7. The third-order valence-electron chi connectivity index (χ3n) is 3.39. The Hall–Kier alpha value is -0.860. The number of hydrogen-bond acceptors (Lipinski definition) is 2. The molecule has 2 heteroatoms. The molecule has 0 amide bonds. The third kappa shape index (κ3) is 3.55. The Morgan fingerprint density at radius 3 is 2.35 bits per heavy atom. The van der Waals surface area contributed by atoms with Gasteiger partial charge in [-0.05, 0) is 43.5 Å². The summed E-state index contributed by atoms with van der Waals surface area (Å²) < 4.78 is 5.58. The smallest absolute Gasteiger partial charge is 0.0763 e. The number of methoxy groups -OCH3 is 1. The summed E-state index contributed by atoms with van der Waals surface area (Å²) >= 11 is 0. The van der Waals surface area contributed by atoms with E-state index in [1.54, 1.807) is 7.11 Å². The maximum Gasteiger partial charge on any atom is 0.0763 e. The van der Waals surface area contributed by atoms with Gasteiger partial charge in [-0.2, -0.15) is 0 Å². The number of hydrogen-bond donors (Lipinski definition) is 1.